The molecule has 0 aliphatic carbocycles. The molecule has 0 fully saturated rings. The molecule has 0 spiro atoms. The molecule has 0 atom stereocenters. The molecule has 0 bridgehead atoms. The quantitative estimate of drug-likeness (QED) is 0.0239. The van der Waals surface area contributed by atoms with Crippen molar-refractivity contribution in [3.63, 3.8) is 0 Å². The first kappa shape index (κ1) is 78.2. The first-order valence-corrected chi connectivity index (χ1v) is 36.5. The van der Waals surface area contributed by atoms with Gasteiger partial charge in [-0.15, -0.1) is 0 Å². The van der Waals surface area contributed by atoms with Crippen molar-refractivity contribution in [1.82, 2.24) is 0 Å². The molecule has 10 aromatic rings. The van der Waals surface area contributed by atoms with Crippen LogP contribution in [-0.2, 0) is 39.5 Å². The molecular weight excluding hydrogens is 1300 g/mol. The summed E-state index contributed by atoms with van der Waals surface area (Å²) < 4.78 is 69.8. The fraction of sp³-hybridized carbons (Fsp3) is 0.200. The second kappa shape index (κ2) is 39.6. The minimum absolute atomic E-state index is 0. The minimum atomic E-state index is -3.33. The highest BCUT2D eigenvalue weighted by Crippen LogP contribution is 2.56. The molecule has 0 radical (unpaired) electrons. The van der Waals surface area contributed by atoms with Crippen molar-refractivity contribution in [2.24, 2.45) is 0 Å². The number of hydrogen-bond donors (Lipinski definition) is 0. The maximum absolute atomic E-state index is 12.9. The minimum Gasteiger partial charge on any atom is -0.496 e. The van der Waals surface area contributed by atoms with E-state index in [4.69, 9.17) is 37.0 Å². The van der Waals surface area contributed by atoms with Gasteiger partial charge in [-0.25, -0.2) is 0 Å². The summed E-state index contributed by atoms with van der Waals surface area (Å²) in [6, 6.07) is 77.0. The fourth-order valence-corrected chi connectivity index (χ4v) is 14.2. The first-order valence-electron chi connectivity index (χ1n) is 33.0. The van der Waals surface area contributed by atoms with Crippen molar-refractivity contribution >= 4 is 98.3 Å². The standard InChI is InChI=1S/C45H39NO2.C21H17NO2.C18H32O8P2.CH4/c1-34-14-26-41(27-15-34)46(42-28-20-37(21-29-42)17-16-35-10-6-4-7-11-35)43-30-22-38(23-31-43)19-25-40-33-44(47-2)39(32-45(40)48-3)24-18-36-12-8-5-9-13-36;1-16-2-8-19(9-3-16)22(20-10-4-17(14-23)5-11-20)21-12-6-18(15-24)7-13-21;1-7-23-27(19,24-8-2)13-15-11-18(22-6)16(12-17(15)21-5)14-28(20,25-9-3)26-10-4;/h4-33H,1-3H3;2-15H,1H3;11-12H,7-10,13-14H2,1-6H3;1H4. The Kier molecular flexibility index (Phi) is 30.7. The summed E-state index contributed by atoms with van der Waals surface area (Å²) in [6.45, 7) is 12.2. The molecule has 524 valence electrons. The lowest BCUT2D eigenvalue weighted by Gasteiger charge is -2.26. The molecule has 0 aromatic heterocycles. The van der Waals surface area contributed by atoms with E-state index in [9.17, 15) is 18.7 Å². The zero-order valence-electron chi connectivity index (χ0n) is 58.5. The van der Waals surface area contributed by atoms with Crippen LogP contribution in [0.1, 0.15) is 111 Å². The van der Waals surface area contributed by atoms with Crippen molar-refractivity contribution in [2.45, 2.75) is 61.3 Å². The van der Waals surface area contributed by atoms with Gasteiger partial charge in [-0.3, -0.25) is 18.7 Å². The van der Waals surface area contributed by atoms with E-state index in [2.05, 4.69) is 187 Å². The molecule has 0 aliphatic rings. The van der Waals surface area contributed by atoms with Crippen LogP contribution in [0.15, 0.2) is 231 Å². The SMILES string of the molecule is C.CCOP(=O)(Cc1cc(OC)c(CP(=O)(OCC)OCC)cc1OC)OCC.COc1cc(C=Cc2ccc(N(c3ccc(C)cc3)c3ccc(C=Cc4ccccc4)cc3)cc2)c(OC)cc1C=Cc1ccccc1.Cc1ccc(N(c2ccc(C=O)cc2)c2ccc(C=O)cc2)cc1. The van der Waals surface area contributed by atoms with E-state index in [1.807, 2.05) is 67.6 Å². The molecule has 0 saturated carbocycles. The maximum atomic E-state index is 12.9. The number of methoxy groups -OCH3 is 4. The maximum Gasteiger partial charge on any atom is 0.335 e. The third-order valence-corrected chi connectivity index (χ3v) is 19.8. The van der Waals surface area contributed by atoms with Gasteiger partial charge in [0.25, 0.3) is 0 Å². The van der Waals surface area contributed by atoms with Gasteiger partial charge < -0.3 is 46.8 Å². The smallest absolute Gasteiger partial charge is 0.335 e. The molecule has 0 N–H and O–H groups in total. The van der Waals surface area contributed by atoms with Crippen molar-refractivity contribution < 1.29 is 55.8 Å². The molecular formula is C85H92N2O12P2. The van der Waals surface area contributed by atoms with E-state index in [1.165, 1.54) is 30.9 Å². The van der Waals surface area contributed by atoms with Crippen LogP contribution in [0.5, 0.6) is 23.0 Å². The Labute approximate surface area is 597 Å². The number of hydrogen-bond acceptors (Lipinski definition) is 14. The first-order chi connectivity index (χ1) is 48.6. The van der Waals surface area contributed by atoms with Crippen LogP contribution in [-0.4, -0.2) is 67.4 Å². The zero-order valence-corrected chi connectivity index (χ0v) is 60.3. The summed E-state index contributed by atoms with van der Waals surface area (Å²) in [5.41, 5.74) is 17.5. The Morgan fingerprint density at radius 1 is 0.317 bits per heavy atom. The molecule has 0 heterocycles. The van der Waals surface area contributed by atoms with Gasteiger partial charge >= 0.3 is 15.2 Å². The van der Waals surface area contributed by atoms with E-state index >= 15 is 0 Å². The van der Waals surface area contributed by atoms with E-state index in [-0.39, 0.29) is 46.2 Å². The molecule has 14 nitrogen and oxygen atoms in total. The predicted molar refractivity (Wildman–Crippen MR) is 417 cm³/mol. The van der Waals surface area contributed by atoms with Crippen LogP contribution in [0.2, 0.25) is 0 Å². The van der Waals surface area contributed by atoms with Crippen molar-refractivity contribution in [3.05, 3.63) is 297 Å². The number of carbonyl (C=O) groups excluding carboxylic acids is 2. The average Bonchev–Trinajstić information content (AvgIpc) is 0.824. The summed E-state index contributed by atoms with van der Waals surface area (Å²) in [4.78, 5) is 26.1. The highest BCUT2D eigenvalue weighted by Gasteiger charge is 2.30. The highest BCUT2D eigenvalue weighted by atomic mass is 31.2. The Bertz CT molecular complexity index is 4260. The summed E-state index contributed by atoms with van der Waals surface area (Å²) in [6.07, 6.45) is 14.3. The largest absolute Gasteiger partial charge is 0.496 e. The van der Waals surface area contributed by atoms with Crippen LogP contribution in [0.4, 0.5) is 34.1 Å². The number of benzene rings is 10. The van der Waals surface area contributed by atoms with Crippen LogP contribution >= 0.6 is 15.2 Å². The van der Waals surface area contributed by atoms with Crippen molar-refractivity contribution in [3.8, 4) is 23.0 Å². The molecule has 10 rings (SSSR count). The van der Waals surface area contributed by atoms with E-state index < -0.39 is 15.2 Å². The Morgan fingerprint density at radius 3 is 0.822 bits per heavy atom. The second-order valence-electron chi connectivity index (χ2n) is 22.8. The highest BCUT2D eigenvalue weighted by molar-refractivity contribution is 7.53. The van der Waals surface area contributed by atoms with Gasteiger partial charge in [0, 0.05) is 67.5 Å². The van der Waals surface area contributed by atoms with E-state index in [0.29, 0.717) is 33.8 Å². The van der Waals surface area contributed by atoms with Crippen molar-refractivity contribution in [1.29, 1.82) is 0 Å². The third kappa shape index (κ3) is 22.7. The monoisotopic (exact) mass is 1390 g/mol. The zero-order chi connectivity index (χ0) is 71.3. The lowest BCUT2D eigenvalue weighted by molar-refractivity contribution is 0.111. The normalized spacial score (nSPS) is 11.2. The Balaban J connectivity index is 0.000000230. The van der Waals surface area contributed by atoms with Crippen LogP contribution < -0.4 is 28.7 Å². The summed E-state index contributed by atoms with van der Waals surface area (Å²) in [5, 5.41) is 0. The molecule has 10 aromatic carbocycles. The number of anilines is 6. The molecule has 0 unspecified atom stereocenters. The van der Waals surface area contributed by atoms with E-state index in [1.54, 1.807) is 78.3 Å². The van der Waals surface area contributed by atoms with Crippen LogP contribution in [0, 0.1) is 13.8 Å². The van der Waals surface area contributed by atoms with Gasteiger partial charge in [0.2, 0.25) is 0 Å². The number of nitrogens with zero attached hydrogens (tertiary/aromatic N) is 2. The molecule has 101 heavy (non-hydrogen) atoms. The van der Waals surface area contributed by atoms with Crippen LogP contribution in [0.25, 0.3) is 36.5 Å². The summed E-state index contributed by atoms with van der Waals surface area (Å²) >= 11 is 0. The topological polar surface area (TPSA) is 149 Å². The van der Waals surface area contributed by atoms with Gasteiger partial charge in [0.1, 0.15) is 35.6 Å². The average molecular weight is 1400 g/mol. The number of ether oxygens (including phenoxy) is 4. The van der Waals surface area contributed by atoms with Crippen molar-refractivity contribution in [2.75, 3.05) is 64.7 Å². The summed E-state index contributed by atoms with van der Waals surface area (Å²) in [5.74, 6) is 2.50. The van der Waals surface area contributed by atoms with Gasteiger partial charge in [0.15, 0.2) is 0 Å². The lowest BCUT2D eigenvalue weighted by Crippen LogP contribution is -2.10. The Hall–Kier alpha value is -10.1. The molecule has 0 amide bonds. The van der Waals surface area contributed by atoms with Gasteiger partial charge in [-0.05, 0) is 185 Å². The molecule has 0 aliphatic heterocycles. The molecule has 16 heteroatoms. The molecule has 0 saturated heterocycles. The number of carbonyl (C=O) groups is 2. The van der Waals surface area contributed by atoms with E-state index in [0.717, 1.165) is 86.0 Å². The third-order valence-electron chi connectivity index (χ3n) is 15.7. The number of aldehydes is 2. The Morgan fingerprint density at radius 2 is 0.564 bits per heavy atom. The number of aryl methyl sites for hydroxylation is 2. The van der Waals surface area contributed by atoms with Gasteiger partial charge in [-0.2, -0.15) is 0 Å². The summed E-state index contributed by atoms with van der Waals surface area (Å²) in [7, 11) is -0.250. The lowest BCUT2D eigenvalue weighted by atomic mass is 10.0. The van der Waals surface area contributed by atoms with Gasteiger partial charge in [-0.1, -0.05) is 164 Å². The predicted octanol–water partition coefficient (Wildman–Crippen LogP) is 23.0. The second-order valence-corrected chi connectivity index (χ2v) is 26.9. The van der Waals surface area contributed by atoms with Crippen LogP contribution in [0.3, 0.4) is 0 Å². The van der Waals surface area contributed by atoms with Gasteiger partial charge in [0.05, 0.1) is 67.2 Å². The fourth-order valence-electron chi connectivity index (χ4n) is 10.8. The number of rotatable bonds is 30.